The number of para-hydroxylation sites is 1. The summed E-state index contributed by atoms with van der Waals surface area (Å²) in [7, 11) is 1.60. The molecule has 0 spiro atoms. The van der Waals surface area contributed by atoms with Gasteiger partial charge in [0.1, 0.15) is 5.75 Å². The average Bonchev–Trinajstić information content (AvgIpc) is 3.18. The number of morpholine rings is 1. The van der Waals surface area contributed by atoms with Crippen molar-refractivity contribution in [1.82, 2.24) is 4.90 Å². The summed E-state index contributed by atoms with van der Waals surface area (Å²) in [4.78, 5) is 29.4. The number of carbonyl (C=O) groups is 2. The predicted octanol–water partition coefficient (Wildman–Crippen LogP) is 2.52. The number of nitrogens with zero attached hydrogens (tertiary/aromatic N) is 2. The molecule has 0 unspecified atom stereocenters. The first-order valence-corrected chi connectivity index (χ1v) is 10.3. The summed E-state index contributed by atoms with van der Waals surface area (Å²) >= 11 is 0. The lowest BCUT2D eigenvalue weighted by molar-refractivity contribution is -0.122. The van der Waals surface area contributed by atoms with Gasteiger partial charge in [0.05, 0.1) is 26.2 Å². The van der Waals surface area contributed by atoms with Gasteiger partial charge >= 0.3 is 0 Å². The molecular formula is C23H27N3O4. The molecule has 1 atom stereocenters. The molecule has 7 heteroatoms. The maximum Gasteiger partial charge on any atom is 0.229 e. The van der Waals surface area contributed by atoms with E-state index in [1.54, 1.807) is 12.0 Å². The van der Waals surface area contributed by atoms with E-state index >= 15 is 0 Å². The molecule has 2 heterocycles. The van der Waals surface area contributed by atoms with E-state index < -0.39 is 0 Å². The van der Waals surface area contributed by atoms with Crippen molar-refractivity contribution in [2.45, 2.75) is 13.0 Å². The molecule has 2 aliphatic heterocycles. The number of carbonyl (C=O) groups excluding carboxylic acids is 2. The van der Waals surface area contributed by atoms with Gasteiger partial charge in [-0.15, -0.1) is 0 Å². The normalized spacial score (nSPS) is 19.7. The van der Waals surface area contributed by atoms with Crippen LogP contribution < -0.4 is 15.0 Å². The molecule has 2 fully saturated rings. The Bertz CT molecular complexity index is 894. The van der Waals surface area contributed by atoms with Gasteiger partial charge in [-0.25, -0.2) is 0 Å². The Morgan fingerprint density at radius 2 is 1.87 bits per heavy atom. The van der Waals surface area contributed by atoms with Crippen LogP contribution in [0.4, 0.5) is 11.4 Å². The number of rotatable bonds is 6. The quantitative estimate of drug-likeness (QED) is 0.794. The van der Waals surface area contributed by atoms with Gasteiger partial charge in [-0.1, -0.05) is 18.2 Å². The first-order valence-electron chi connectivity index (χ1n) is 10.3. The maximum absolute atomic E-state index is 12.9. The van der Waals surface area contributed by atoms with Crippen molar-refractivity contribution >= 4 is 23.2 Å². The van der Waals surface area contributed by atoms with Gasteiger partial charge in [0, 0.05) is 44.0 Å². The van der Waals surface area contributed by atoms with Crippen molar-refractivity contribution in [2.24, 2.45) is 5.92 Å². The molecule has 1 N–H and O–H groups in total. The van der Waals surface area contributed by atoms with Crippen LogP contribution in [0.5, 0.6) is 5.75 Å². The molecule has 2 saturated heterocycles. The summed E-state index contributed by atoms with van der Waals surface area (Å²) in [5.41, 5.74) is 2.66. The first kappa shape index (κ1) is 20.4. The van der Waals surface area contributed by atoms with Gasteiger partial charge in [-0.2, -0.15) is 0 Å². The third kappa shape index (κ3) is 4.63. The van der Waals surface area contributed by atoms with Gasteiger partial charge in [0.2, 0.25) is 11.8 Å². The highest BCUT2D eigenvalue weighted by Gasteiger charge is 2.35. The molecular weight excluding hydrogens is 382 g/mol. The molecule has 2 aliphatic rings. The van der Waals surface area contributed by atoms with Crippen molar-refractivity contribution in [3.05, 3.63) is 54.1 Å². The number of hydrogen-bond acceptors (Lipinski definition) is 5. The predicted molar refractivity (Wildman–Crippen MR) is 115 cm³/mol. The Morgan fingerprint density at radius 3 is 2.60 bits per heavy atom. The lowest BCUT2D eigenvalue weighted by atomic mass is 10.1. The van der Waals surface area contributed by atoms with Crippen LogP contribution in [0, 0.1) is 5.92 Å². The molecule has 0 aromatic heterocycles. The standard InChI is InChI=1S/C23H27N3O4/c1-29-20-8-6-19(7-9-20)26-16-18(14-22(26)27)23(28)24-21-5-3-2-4-17(21)15-25-10-12-30-13-11-25/h2-9,18H,10-16H2,1H3,(H,24,28)/t18-/m1/s1. The van der Waals surface area contributed by atoms with Gasteiger partial charge in [-0.3, -0.25) is 14.5 Å². The lowest BCUT2D eigenvalue weighted by Crippen LogP contribution is -2.36. The Balaban J connectivity index is 1.41. The number of benzene rings is 2. The first-order chi connectivity index (χ1) is 14.6. The molecule has 0 aliphatic carbocycles. The fourth-order valence-corrected chi connectivity index (χ4v) is 3.91. The van der Waals surface area contributed by atoms with Crippen molar-refractivity contribution in [2.75, 3.05) is 50.2 Å². The molecule has 158 valence electrons. The summed E-state index contributed by atoms with van der Waals surface area (Å²) < 4.78 is 10.6. The average molecular weight is 409 g/mol. The van der Waals surface area contributed by atoms with Gasteiger partial charge in [0.15, 0.2) is 0 Å². The van der Waals surface area contributed by atoms with Crippen LogP contribution in [-0.2, 0) is 20.9 Å². The molecule has 30 heavy (non-hydrogen) atoms. The van der Waals surface area contributed by atoms with Crippen LogP contribution in [0.3, 0.4) is 0 Å². The highest BCUT2D eigenvalue weighted by molar-refractivity contribution is 6.03. The van der Waals surface area contributed by atoms with Crippen molar-refractivity contribution in [3.63, 3.8) is 0 Å². The number of ether oxygens (including phenoxy) is 2. The zero-order valence-corrected chi connectivity index (χ0v) is 17.2. The molecule has 0 bridgehead atoms. The molecule has 0 radical (unpaired) electrons. The van der Waals surface area contributed by atoms with E-state index in [9.17, 15) is 9.59 Å². The number of anilines is 2. The van der Waals surface area contributed by atoms with Crippen molar-refractivity contribution in [1.29, 1.82) is 0 Å². The van der Waals surface area contributed by atoms with Crippen molar-refractivity contribution < 1.29 is 19.1 Å². The maximum atomic E-state index is 12.9. The van der Waals surface area contributed by atoms with E-state index in [-0.39, 0.29) is 24.2 Å². The Labute approximate surface area is 176 Å². The molecule has 0 saturated carbocycles. The second-order valence-electron chi connectivity index (χ2n) is 7.64. The fraction of sp³-hybridized carbons (Fsp3) is 0.391. The van der Waals surface area contributed by atoms with E-state index in [1.165, 1.54) is 0 Å². The second kappa shape index (κ2) is 9.28. The summed E-state index contributed by atoms with van der Waals surface area (Å²) in [6.07, 6.45) is 0.212. The Hall–Kier alpha value is -2.90. The summed E-state index contributed by atoms with van der Waals surface area (Å²) in [6.45, 7) is 4.39. The molecule has 2 amide bonds. The molecule has 2 aromatic rings. The number of methoxy groups -OCH3 is 1. The summed E-state index contributed by atoms with van der Waals surface area (Å²) in [5.74, 6) is 0.198. The number of nitrogens with one attached hydrogen (secondary N) is 1. The number of hydrogen-bond donors (Lipinski definition) is 1. The zero-order chi connectivity index (χ0) is 20.9. The largest absolute Gasteiger partial charge is 0.497 e. The van der Waals surface area contributed by atoms with Crippen LogP contribution in [0.15, 0.2) is 48.5 Å². The molecule has 2 aromatic carbocycles. The Kier molecular flexibility index (Phi) is 6.30. The SMILES string of the molecule is COc1ccc(N2C[C@H](C(=O)Nc3ccccc3CN3CCOCC3)CC2=O)cc1. The summed E-state index contributed by atoms with van der Waals surface area (Å²) in [6, 6.07) is 15.2. The smallest absolute Gasteiger partial charge is 0.229 e. The second-order valence-corrected chi connectivity index (χ2v) is 7.64. The van der Waals surface area contributed by atoms with Gasteiger partial charge in [-0.05, 0) is 35.9 Å². The minimum atomic E-state index is -0.379. The molecule has 7 nitrogen and oxygen atoms in total. The van der Waals surface area contributed by atoms with E-state index in [0.29, 0.717) is 6.54 Å². The fourth-order valence-electron chi connectivity index (χ4n) is 3.91. The van der Waals surface area contributed by atoms with Crippen LogP contribution in [0.25, 0.3) is 0 Å². The lowest BCUT2D eigenvalue weighted by Gasteiger charge is -2.27. The van der Waals surface area contributed by atoms with Gasteiger partial charge in [0.25, 0.3) is 0 Å². The topological polar surface area (TPSA) is 71.1 Å². The van der Waals surface area contributed by atoms with Crippen LogP contribution in [-0.4, -0.2) is 56.7 Å². The molecule has 4 rings (SSSR count). The highest BCUT2D eigenvalue weighted by atomic mass is 16.5. The number of amides is 2. The summed E-state index contributed by atoms with van der Waals surface area (Å²) in [5, 5.41) is 3.06. The van der Waals surface area contributed by atoms with Crippen LogP contribution >= 0.6 is 0 Å². The van der Waals surface area contributed by atoms with E-state index in [2.05, 4.69) is 10.2 Å². The third-order valence-electron chi connectivity index (χ3n) is 5.65. The Morgan fingerprint density at radius 1 is 1.13 bits per heavy atom. The van der Waals surface area contributed by atoms with E-state index in [4.69, 9.17) is 9.47 Å². The highest BCUT2D eigenvalue weighted by Crippen LogP contribution is 2.28. The van der Waals surface area contributed by atoms with E-state index in [1.807, 2.05) is 48.5 Å². The zero-order valence-electron chi connectivity index (χ0n) is 17.2. The van der Waals surface area contributed by atoms with Crippen LogP contribution in [0.1, 0.15) is 12.0 Å². The monoisotopic (exact) mass is 409 g/mol. The third-order valence-corrected chi connectivity index (χ3v) is 5.65. The minimum Gasteiger partial charge on any atom is -0.497 e. The van der Waals surface area contributed by atoms with E-state index in [0.717, 1.165) is 55.5 Å². The minimum absolute atomic E-state index is 0.0399. The van der Waals surface area contributed by atoms with Gasteiger partial charge < -0.3 is 19.7 Å². The van der Waals surface area contributed by atoms with Crippen LogP contribution in [0.2, 0.25) is 0 Å². The van der Waals surface area contributed by atoms with Crippen molar-refractivity contribution in [3.8, 4) is 5.75 Å².